The fraction of sp³-hybridized carbons (Fsp3) is 0.163. The van der Waals surface area contributed by atoms with Gasteiger partial charge in [-0.15, -0.1) is 29.7 Å². The molecule has 5 heterocycles. The number of benzene rings is 11. The number of aryl methyl sites for hydroxylation is 2. The number of nitrogens with zero attached hydrogens (tertiary/aromatic N) is 4. The van der Waals surface area contributed by atoms with Crippen LogP contribution in [0, 0.1) is 32.2 Å². The smallest absolute Gasteiger partial charge is 0.268 e. The third-order valence-corrected chi connectivity index (χ3v) is 17.9. The van der Waals surface area contributed by atoms with E-state index in [-0.39, 0.29) is 99.1 Å². The van der Waals surface area contributed by atoms with Crippen molar-refractivity contribution < 1.29 is 54.0 Å². The number of fused-ring (bicyclic) bond motifs is 13. The average molecular weight is 1400 g/mol. The molecule has 0 N–H and O–H groups in total. The molecule has 6 nitrogen and oxygen atoms in total. The number of ether oxygens (including phenoxy) is 1. The summed E-state index contributed by atoms with van der Waals surface area (Å²) in [5.74, 6) is 1.34. The fourth-order valence-electron chi connectivity index (χ4n) is 13.1. The van der Waals surface area contributed by atoms with Crippen LogP contribution in [0.2, 0.25) is 0 Å². The zero-order valence-electron chi connectivity index (χ0n) is 66.7. The van der Waals surface area contributed by atoms with Crippen LogP contribution < -0.4 is 9.30 Å². The molecule has 0 unspecified atom stereocenters. The SMILES string of the molecule is [2H]c1c([2H])c([2H])c2c(c1[2H])-c1cc(-c3c(C([2H])([2H])[2H])cccc3C([2H])([2H])[2H])cc(-c3cc(C(C)(C)C)cc(C(C)(C)C)c3)c1-[n+]1[c-]n(-c3[c-]c(Oc4[c-]c5c(cc4)c4ccccc4n5-c4cc(C(C)(C)C)ccn4)ccc3)c3cc(-c4ccc5oc6ccccc6c5c4)cc(c31)-c1c([2H])c([2H])c([2H])c([2H])c1-2.[Pt]. The summed E-state index contributed by atoms with van der Waals surface area (Å²) in [6, 6.07) is 54.5. The van der Waals surface area contributed by atoms with Gasteiger partial charge in [0.05, 0.1) is 27.7 Å². The van der Waals surface area contributed by atoms with E-state index in [1.165, 1.54) is 18.2 Å². The van der Waals surface area contributed by atoms with Crippen LogP contribution in [0.15, 0.2) is 229 Å². The van der Waals surface area contributed by atoms with Gasteiger partial charge in [0.1, 0.15) is 17.0 Å². The predicted octanol–water partition coefficient (Wildman–Crippen LogP) is 22.3. The third kappa shape index (κ3) is 10.1. The fourth-order valence-corrected chi connectivity index (χ4v) is 13.1. The standard InChI is InChI=1S/C86H70N4O2.Pt/c1-52-22-20-23-53(2)81(52)57-44-71(56-40-59(85(6,7)8)47-60(41-56)86(9,10)11)82-73(45-57)66-28-14-12-26-64(66)65-27-13-15-29-67(65)74-43-55(54-34-37-79-72(42-54)70-31-17-19-33-78(70)92-79)46-77-83(74)89(82)51-88(77)61-24-21-25-62(49-61)91-63-35-36-69-68-30-16-18-32-75(68)90(76(69)50-63)80-48-58(38-39-87-80)84(3,4)5;/h12-48H,1-11H3;/q-2;/i1D3,2D3,12D,13D,14D,15D,26D,27D,28D,29D;. The van der Waals surface area contributed by atoms with Crippen molar-refractivity contribution in [3.63, 3.8) is 0 Å². The number of pyridine rings is 1. The first-order valence-corrected chi connectivity index (χ1v) is 30.8. The van der Waals surface area contributed by atoms with Gasteiger partial charge in [-0.05, 0) is 190 Å². The molecule has 0 saturated carbocycles. The Morgan fingerprint density at radius 3 is 1.82 bits per heavy atom. The molecule has 0 amide bonds. The van der Waals surface area contributed by atoms with Gasteiger partial charge in [-0.25, -0.2) is 4.98 Å². The van der Waals surface area contributed by atoms with Crippen LogP contribution in [0.1, 0.15) is 109 Å². The van der Waals surface area contributed by atoms with Gasteiger partial charge in [0.2, 0.25) is 0 Å². The second kappa shape index (κ2) is 22.2. The molecule has 0 spiro atoms. The Bertz CT molecular complexity index is 6220. The van der Waals surface area contributed by atoms with Gasteiger partial charge in [0, 0.05) is 63.3 Å². The molecule has 16 rings (SSSR count). The molecule has 0 aliphatic carbocycles. The van der Waals surface area contributed by atoms with Crippen molar-refractivity contribution in [2.24, 2.45) is 0 Å². The first-order chi connectivity index (χ1) is 50.0. The summed E-state index contributed by atoms with van der Waals surface area (Å²) in [7, 11) is 0. The Morgan fingerprint density at radius 2 is 1.11 bits per heavy atom. The van der Waals surface area contributed by atoms with Crippen molar-refractivity contribution in [1.29, 1.82) is 0 Å². The average Bonchev–Trinajstić information content (AvgIpc) is 1.60. The molecular formula is C86H70N4O2Pt-2. The van der Waals surface area contributed by atoms with E-state index in [2.05, 4.69) is 110 Å². The van der Waals surface area contributed by atoms with Gasteiger partial charge in [0.25, 0.3) is 6.33 Å². The zero-order chi connectivity index (χ0) is 75.1. The van der Waals surface area contributed by atoms with E-state index in [0.29, 0.717) is 56.2 Å². The number of imidazole rings is 1. The Morgan fingerprint density at radius 1 is 0.484 bits per heavy atom. The second-order valence-corrected chi connectivity index (χ2v) is 27.0. The van der Waals surface area contributed by atoms with Crippen molar-refractivity contribution in [3.8, 4) is 95.5 Å². The molecule has 0 bridgehead atoms. The molecule has 4 aromatic heterocycles. The number of rotatable bonds is 7. The molecule has 458 valence electrons. The number of aromatic nitrogens is 4. The first-order valence-electron chi connectivity index (χ1n) is 37.8. The molecule has 0 atom stereocenters. The predicted molar refractivity (Wildman–Crippen MR) is 379 cm³/mol. The van der Waals surface area contributed by atoms with E-state index in [9.17, 15) is 11.0 Å². The molecule has 11 aromatic carbocycles. The summed E-state index contributed by atoms with van der Waals surface area (Å²) in [4.78, 5) is 4.90. The summed E-state index contributed by atoms with van der Waals surface area (Å²) in [5.41, 5.74) is 6.63. The van der Waals surface area contributed by atoms with Crippen LogP contribution in [0.25, 0.3) is 139 Å². The molecule has 1 aliphatic heterocycles. The number of hydrogen-bond acceptors (Lipinski definition) is 3. The summed E-state index contributed by atoms with van der Waals surface area (Å²) < 4.78 is 153. The number of para-hydroxylation sites is 2. The van der Waals surface area contributed by atoms with Crippen LogP contribution in [0.3, 0.4) is 0 Å². The second-order valence-electron chi connectivity index (χ2n) is 27.0. The van der Waals surface area contributed by atoms with Gasteiger partial charge in [0.15, 0.2) is 0 Å². The van der Waals surface area contributed by atoms with Crippen molar-refractivity contribution >= 4 is 54.8 Å². The van der Waals surface area contributed by atoms with Gasteiger partial charge in [-0.3, -0.25) is 4.57 Å². The monoisotopic (exact) mass is 1400 g/mol. The summed E-state index contributed by atoms with van der Waals surface area (Å²) >= 11 is 0. The summed E-state index contributed by atoms with van der Waals surface area (Å²) in [5, 5.41) is 3.57. The largest absolute Gasteiger partial charge is 0.510 e. The molecule has 0 saturated heterocycles. The Labute approximate surface area is 578 Å². The van der Waals surface area contributed by atoms with Crippen molar-refractivity contribution in [2.75, 3.05) is 0 Å². The van der Waals surface area contributed by atoms with Crippen molar-refractivity contribution in [3.05, 3.63) is 271 Å². The van der Waals surface area contributed by atoms with E-state index >= 15 is 0 Å². The number of furan rings is 1. The molecule has 93 heavy (non-hydrogen) atoms. The van der Waals surface area contributed by atoms with E-state index in [1.54, 1.807) is 27.3 Å². The molecule has 7 heteroatoms. The maximum atomic E-state index is 10.4. The summed E-state index contributed by atoms with van der Waals surface area (Å²) in [6.45, 7) is 13.2. The molecule has 1 aliphatic rings. The van der Waals surface area contributed by atoms with Crippen LogP contribution in [0.5, 0.6) is 11.5 Å². The van der Waals surface area contributed by atoms with Crippen LogP contribution >= 0.6 is 0 Å². The Balaban J connectivity index is 0.00000915. The van der Waals surface area contributed by atoms with Crippen LogP contribution in [-0.4, -0.2) is 14.1 Å². The summed E-state index contributed by atoms with van der Waals surface area (Å²) in [6.07, 6.45) is 5.58. The molecular weight excluding hydrogens is 1320 g/mol. The Kier molecular flexibility index (Phi) is 10.8. The minimum atomic E-state index is -2.92. The number of hydrogen-bond donors (Lipinski definition) is 0. The van der Waals surface area contributed by atoms with Gasteiger partial charge < -0.3 is 18.3 Å². The van der Waals surface area contributed by atoms with E-state index < -0.39 is 72.9 Å². The van der Waals surface area contributed by atoms with Crippen molar-refractivity contribution in [2.45, 2.75) is 92.3 Å². The van der Waals surface area contributed by atoms with Gasteiger partial charge in [-0.1, -0.05) is 201 Å². The van der Waals surface area contributed by atoms with Crippen LogP contribution in [-0.2, 0) is 37.3 Å². The van der Waals surface area contributed by atoms with E-state index in [1.807, 2.05) is 115 Å². The maximum absolute atomic E-state index is 10.4. The van der Waals surface area contributed by atoms with Gasteiger partial charge >= 0.3 is 0 Å². The minimum Gasteiger partial charge on any atom is -0.510 e. The molecule has 0 radical (unpaired) electrons. The Hall–Kier alpha value is -9.87. The van der Waals surface area contributed by atoms with Gasteiger partial charge in [-0.2, -0.15) is 18.2 Å². The topological polar surface area (TPSA) is 49.0 Å². The molecule has 15 aromatic rings. The third-order valence-electron chi connectivity index (χ3n) is 17.9. The van der Waals surface area contributed by atoms with E-state index in [4.69, 9.17) is 22.4 Å². The van der Waals surface area contributed by atoms with Crippen molar-refractivity contribution in [1.82, 2.24) is 14.1 Å². The zero-order valence-corrected chi connectivity index (χ0v) is 54.9. The van der Waals surface area contributed by atoms with Crippen LogP contribution in [0.4, 0.5) is 0 Å². The molecule has 0 fully saturated rings. The maximum Gasteiger partial charge on any atom is 0.268 e. The first kappa shape index (κ1) is 45.4. The minimum absolute atomic E-state index is 0. The quantitative estimate of drug-likeness (QED) is 0.118. The van der Waals surface area contributed by atoms with E-state index in [0.717, 1.165) is 49.3 Å². The normalized spacial score (nSPS) is 14.8.